The van der Waals surface area contributed by atoms with Crippen LogP contribution in [0.15, 0.2) is 0 Å². The highest BCUT2D eigenvalue weighted by Gasteiger charge is 2.24. The second kappa shape index (κ2) is 19.2. The summed E-state index contributed by atoms with van der Waals surface area (Å²) in [5.74, 6) is 5.21. The Morgan fingerprint density at radius 1 is 0.679 bits per heavy atom. The first-order chi connectivity index (χ1) is 13.5. The fourth-order valence-corrected chi connectivity index (χ4v) is 3.60. The molecule has 0 spiro atoms. The van der Waals surface area contributed by atoms with Crippen molar-refractivity contribution in [3.8, 4) is 0 Å². The monoisotopic (exact) mass is 397 g/mol. The van der Waals surface area contributed by atoms with Gasteiger partial charge >= 0.3 is 0 Å². The molecule has 0 aromatic heterocycles. The molecule has 0 aliphatic rings. The van der Waals surface area contributed by atoms with E-state index >= 15 is 0 Å². The van der Waals surface area contributed by atoms with Crippen LogP contribution < -0.4 is 11.6 Å². The number of nitrogens with two attached hydrogens (primary N) is 2. The molecule has 5 heteroatoms. The van der Waals surface area contributed by atoms with Crippen molar-refractivity contribution in [2.45, 2.75) is 135 Å². The number of carbonyl (C=O) groups is 2. The molecule has 0 aromatic rings. The van der Waals surface area contributed by atoms with Crippen LogP contribution in [0.1, 0.15) is 129 Å². The predicted molar refractivity (Wildman–Crippen MR) is 118 cm³/mol. The summed E-state index contributed by atoms with van der Waals surface area (Å²) < 4.78 is 0. The smallest absolute Gasteiger partial charge is 0.241 e. The molecule has 0 bridgehead atoms. The van der Waals surface area contributed by atoms with Gasteiger partial charge in [0, 0.05) is 6.42 Å². The van der Waals surface area contributed by atoms with E-state index in [-0.39, 0.29) is 5.91 Å². The summed E-state index contributed by atoms with van der Waals surface area (Å²) in [6, 6.07) is -0.666. The fraction of sp³-hybridized carbons (Fsp3) is 0.913. The Morgan fingerprint density at radius 2 is 1.07 bits per heavy atom. The number of rotatable bonds is 20. The molecule has 0 heterocycles. The van der Waals surface area contributed by atoms with Crippen LogP contribution in [0, 0.1) is 0 Å². The number of hydrogen-bond acceptors (Lipinski definition) is 3. The van der Waals surface area contributed by atoms with Crippen molar-refractivity contribution < 1.29 is 9.59 Å². The van der Waals surface area contributed by atoms with Crippen molar-refractivity contribution >= 4 is 11.8 Å². The molecule has 0 aliphatic carbocycles. The molecular formula is C23H47N3O2. The maximum absolute atomic E-state index is 12.2. The third-order valence-electron chi connectivity index (χ3n) is 5.53. The lowest BCUT2D eigenvalue weighted by Gasteiger charge is -2.25. The van der Waals surface area contributed by atoms with Crippen LogP contribution in [0.4, 0.5) is 0 Å². The molecule has 0 aliphatic heterocycles. The number of hydrazine groups is 1. The third kappa shape index (κ3) is 14.9. The molecule has 0 saturated heterocycles. The minimum atomic E-state index is -0.666. The average Bonchev–Trinajstić information content (AvgIpc) is 2.68. The summed E-state index contributed by atoms with van der Waals surface area (Å²) in [6.45, 7) is 4.35. The van der Waals surface area contributed by atoms with E-state index in [0.717, 1.165) is 37.1 Å². The molecular weight excluding hydrogens is 350 g/mol. The zero-order chi connectivity index (χ0) is 21.0. The number of hydrogen-bond donors (Lipinski definition) is 2. The highest BCUT2D eigenvalue weighted by molar-refractivity contribution is 5.86. The van der Waals surface area contributed by atoms with Gasteiger partial charge in [0.2, 0.25) is 11.8 Å². The first-order valence-electron chi connectivity index (χ1n) is 11.9. The maximum Gasteiger partial charge on any atom is 0.241 e. The van der Waals surface area contributed by atoms with Crippen LogP contribution in [0.5, 0.6) is 0 Å². The van der Waals surface area contributed by atoms with Gasteiger partial charge in [-0.3, -0.25) is 14.6 Å². The molecule has 166 valence electrons. The topological polar surface area (TPSA) is 89.4 Å². The summed E-state index contributed by atoms with van der Waals surface area (Å²) in [5.41, 5.74) is 5.42. The van der Waals surface area contributed by atoms with Crippen LogP contribution in [0.2, 0.25) is 0 Å². The van der Waals surface area contributed by atoms with Gasteiger partial charge in [-0.15, -0.1) is 0 Å². The molecule has 0 fully saturated rings. The molecule has 5 nitrogen and oxygen atoms in total. The van der Waals surface area contributed by atoms with Crippen molar-refractivity contribution in [2.75, 3.05) is 0 Å². The Morgan fingerprint density at radius 3 is 1.50 bits per heavy atom. The first kappa shape index (κ1) is 26.9. The van der Waals surface area contributed by atoms with E-state index < -0.39 is 11.9 Å². The van der Waals surface area contributed by atoms with Gasteiger partial charge in [-0.05, 0) is 12.8 Å². The van der Waals surface area contributed by atoms with Crippen LogP contribution in [-0.2, 0) is 9.59 Å². The standard InChI is InChI=1S/C23H47N3O2/c1-3-5-7-8-9-10-11-12-13-14-15-16-18-20-22(27)26(25)21(23(24)28)19-17-6-4-2/h21H,3-20,25H2,1-2H3,(H2,24,28)/t21-/m0/s1. The molecule has 0 unspecified atom stereocenters. The Kier molecular flexibility index (Phi) is 18.5. The zero-order valence-corrected chi connectivity index (χ0v) is 18.7. The highest BCUT2D eigenvalue weighted by Crippen LogP contribution is 2.14. The van der Waals surface area contributed by atoms with Gasteiger partial charge in [0.1, 0.15) is 6.04 Å². The minimum absolute atomic E-state index is 0.164. The lowest BCUT2D eigenvalue weighted by atomic mass is 10.0. The SMILES string of the molecule is CCCCCCCCCCCCCCCC(=O)N(N)[C@@H](CCCCC)C(N)=O. The van der Waals surface area contributed by atoms with Crippen molar-refractivity contribution in [3.05, 3.63) is 0 Å². The lowest BCUT2D eigenvalue weighted by molar-refractivity contribution is -0.140. The largest absolute Gasteiger partial charge is 0.368 e. The average molecular weight is 398 g/mol. The third-order valence-corrected chi connectivity index (χ3v) is 5.53. The first-order valence-corrected chi connectivity index (χ1v) is 11.9. The molecule has 28 heavy (non-hydrogen) atoms. The minimum Gasteiger partial charge on any atom is -0.368 e. The Balaban J connectivity index is 3.65. The Hall–Kier alpha value is -1.10. The van der Waals surface area contributed by atoms with Gasteiger partial charge in [-0.2, -0.15) is 0 Å². The molecule has 1 atom stereocenters. The van der Waals surface area contributed by atoms with Crippen molar-refractivity contribution in [1.82, 2.24) is 5.01 Å². The van der Waals surface area contributed by atoms with Crippen LogP contribution in [0.3, 0.4) is 0 Å². The number of unbranched alkanes of at least 4 members (excludes halogenated alkanes) is 14. The predicted octanol–water partition coefficient (Wildman–Crippen LogP) is 5.60. The van der Waals surface area contributed by atoms with E-state index in [0.29, 0.717) is 12.8 Å². The zero-order valence-electron chi connectivity index (χ0n) is 18.7. The summed E-state index contributed by atoms with van der Waals surface area (Å²) in [6.07, 6.45) is 20.5. The molecule has 0 saturated carbocycles. The van der Waals surface area contributed by atoms with E-state index in [1.807, 2.05) is 0 Å². The maximum atomic E-state index is 12.2. The Labute approximate surface area is 174 Å². The summed E-state index contributed by atoms with van der Waals surface area (Å²) in [4.78, 5) is 23.8. The number of nitrogens with zero attached hydrogens (tertiary/aromatic N) is 1. The summed E-state index contributed by atoms with van der Waals surface area (Å²) >= 11 is 0. The number of amides is 2. The fourth-order valence-electron chi connectivity index (χ4n) is 3.60. The second-order valence-corrected chi connectivity index (χ2v) is 8.21. The molecule has 0 rings (SSSR count). The van der Waals surface area contributed by atoms with E-state index in [1.165, 1.54) is 70.6 Å². The normalized spacial score (nSPS) is 12.1. The molecule has 0 aromatic carbocycles. The number of primary amides is 1. The van der Waals surface area contributed by atoms with E-state index in [2.05, 4.69) is 13.8 Å². The van der Waals surface area contributed by atoms with Gasteiger partial charge < -0.3 is 5.73 Å². The number of carbonyl (C=O) groups excluding carboxylic acids is 2. The molecule has 2 amide bonds. The van der Waals surface area contributed by atoms with Crippen molar-refractivity contribution in [1.29, 1.82) is 0 Å². The lowest BCUT2D eigenvalue weighted by Crippen LogP contribution is -2.51. The van der Waals surface area contributed by atoms with Gasteiger partial charge in [-0.25, -0.2) is 5.84 Å². The van der Waals surface area contributed by atoms with Gasteiger partial charge in [0.15, 0.2) is 0 Å². The Bertz CT molecular complexity index is 388. The van der Waals surface area contributed by atoms with Gasteiger partial charge in [-0.1, -0.05) is 110 Å². The quantitative estimate of drug-likeness (QED) is 0.121. The van der Waals surface area contributed by atoms with Crippen molar-refractivity contribution in [2.24, 2.45) is 11.6 Å². The van der Waals surface area contributed by atoms with E-state index in [1.54, 1.807) is 0 Å². The van der Waals surface area contributed by atoms with Gasteiger partial charge in [0.25, 0.3) is 0 Å². The summed E-state index contributed by atoms with van der Waals surface area (Å²) in [5, 5.41) is 1.08. The molecule has 4 N–H and O–H groups in total. The highest BCUT2D eigenvalue weighted by atomic mass is 16.2. The van der Waals surface area contributed by atoms with Crippen LogP contribution in [0.25, 0.3) is 0 Å². The van der Waals surface area contributed by atoms with E-state index in [9.17, 15) is 9.59 Å². The second-order valence-electron chi connectivity index (χ2n) is 8.21. The summed E-state index contributed by atoms with van der Waals surface area (Å²) in [7, 11) is 0. The molecule has 0 radical (unpaired) electrons. The van der Waals surface area contributed by atoms with Crippen LogP contribution in [-0.4, -0.2) is 22.9 Å². The van der Waals surface area contributed by atoms with Crippen LogP contribution >= 0.6 is 0 Å². The van der Waals surface area contributed by atoms with E-state index in [4.69, 9.17) is 11.6 Å². The van der Waals surface area contributed by atoms with Gasteiger partial charge in [0.05, 0.1) is 0 Å². The van der Waals surface area contributed by atoms with Crippen molar-refractivity contribution in [3.63, 3.8) is 0 Å².